The maximum atomic E-state index is 12.5. The molecule has 1 aromatic carbocycles. The largest absolute Gasteiger partial charge is 0.298 e. The summed E-state index contributed by atoms with van der Waals surface area (Å²) in [5, 5.41) is 0. The van der Waals surface area contributed by atoms with Crippen molar-refractivity contribution in [1.29, 1.82) is 0 Å². The number of ketones is 1. The predicted molar refractivity (Wildman–Crippen MR) is 93.7 cm³/mol. The fourth-order valence-corrected chi connectivity index (χ4v) is 3.90. The molecule has 2 fully saturated rings. The summed E-state index contributed by atoms with van der Waals surface area (Å²) in [6.07, 6.45) is 3.97. The molecule has 4 heteroatoms. The predicted octanol–water partition coefficient (Wildman–Crippen LogP) is 3.03. The van der Waals surface area contributed by atoms with E-state index in [9.17, 15) is 4.79 Å². The van der Waals surface area contributed by atoms with Crippen LogP contribution >= 0.6 is 22.6 Å². The van der Waals surface area contributed by atoms with E-state index in [2.05, 4.69) is 39.3 Å². The average Bonchev–Trinajstić information content (AvgIpc) is 2.48. The molecule has 2 heterocycles. The number of piperidine rings is 1. The molecule has 0 saturated carbocycles. The van der Waals surface area contributed by atoms with E-state index in [1.165, 1.54) is 29.4 Å². The molecule has 0 N–H and O–H groups in total. The van der Waals surface area contributed by atoms with Crippen molar-refractivity contribution < 1.29 is 4.79 Å². The second kappa shape index (κ2) is 6.75. The molecule has 0 bridgehead atoms. The summed E-state index contributed by atoms with van der Waals surface area (Å²) < 4.78 is 1.17. The molecule has 2 aliphatic rings. The number of rotatable bonds is 3. The lowest BCUT2D eigenvalue weighted by molar-refractivity contribution is 0.0166. The minimum Gasteiger partial charge on any atom is -0.298 e. The topological polar surface area (TPSA) is 23.6 Å². The monoisotopic (exact) mass is 398 g/mol. The molecular formula is C17H23IN2O. The van der Waals surface area contributed by atoms with Crippen molar-refractivity contribution in [3.05, 3.63) is 33.4 Å². The van der Waals surface area contributed by atoms with E-state index in [0.717, 1.165) is 18.7 Å². The number of fused-ring (bicyclic) bond motifs is 1. The van der Waals surface area contributed by atoms with Gasteiger partial charge in [0.15, 0.2) is 5.78 Å². The molecule has 2 atom stereocenters. The second-order valence-corrected chi connectivity index (χ2v) is 7.60. The maximum Gasteiger partial charge on any atom is 0.176 e. The fourth-order valence-electron chi connectivity index (χ4n) is 3.54. The van der Waals surface area contributed by atoms with Gasteiger partial charge in [0.05, 0.1) is 6.54 Å². The fraction of sp³-hybridized carbons (Fsp3) is 0.588. The van der Waals surface area contributed by atoms with Gasteiger partial charge in [-0.05, 0) is 61.0 Å². The normalized spacial score (nSPS) is 27.3. The first kappa shape index (κ1) is 15.4. The molecule has 0 amide bonds. The zero-order valence-corrected chi connectivity index (χ0v) is 14.8. The lowest BCUT2D eigenvalue weighted by atomic mass is 9.96. The van der Waals surface area contributed by atoms with Crippen LogP contribution in [0.25, 0.3) is 0 Å². The summed E-state index contributed by atoms with van der Waals surface area (Å²) in [5.41, 5.74) is 0.841. The van der Waals surface area contributed by atoms with Gasteiger partial charge in [-0.15, -0.1) is 0 Å². The third-order valence-electron chi connectivity index (χ3n) is 4.83. The molecule has 21 heavy (non-hydrogen) atoms. The lowest BCUT2D eigenvalue weighted by Gasteiger charge is -2.47. The number of hydrogen-bond donors (Lipinski definition) is 0. The Balaban J connectivity index is 1.63. The SMILES string of the molecule is CC1CN2CCCCC2CN1CC(=O)c1ccc(I)cc1. The number of nitrogens with zero attached hydrogens (tertiary/aromatic N) is 2. The number of carbonyl (C=O) groups is 1. The molecule has 2 aliphatic heterocycles. The van der Waals surface area contributed by atoms with Crippen LogP contribution in [-0.2, 0) is 0 Å². The highest BCUT2D eigenvalue weighted by molar-refractivity contribution is 14.1. The molecule has 1 aromatic rings. The first-order valence-corrected chi connectivity index (χ1v) is 8.98. The summed E-state index contributed by atoms with van der Waals surface area (Å²) in [4.78, 5) is 17.5. The third kappa shape index (κ3) is 3.66. The molecule has 0 spiro atoms. The molecule has 0 radical (unpaired) electrons. The number of piperazine rings is 1. The highest BCUT2D eigenvalue weighted by Gasteiger charge is 2.33. The van der Waals surface area contributed by atoms with Crippen molar-refractivity contribution in [3.8, 4) is 0 Å². The van der Waals surface area contributed by atoms with Gasteiger partial charge in [0.2, 0.25) is 0 Å². The zero-order chi connectivity index (χ0) is 14.8. The van der Waals surface area contributed by atoms with Crippen molar-refractivity contribution in [1.82, 2.24) is 9.80 Å². The Labute approximate surface area is 140 Å². The van der Waals surface area contributed by atoms with Gasteiger partial charge in [-0.2, -0.15) is 0 Å². The number of benzene rings is 1. The van der Waals surface area contributed by atoms with Crippen LogP contribution in [0.2, 0.25) is 0 Å². The van der Waals surface area contributed by atoms with E-state index in [-0.39, 0.29) is 5.78 Å². The van der Waals surface area contributed by atoms with Crippen molar-refractivity contribution in [2.45, 2.75) is 38.3 Å². The van der Waals surface area contributed by atoms with Gasteiger partial charge in [-0.3, -0.25) is 14.6 Å². The van der Waals surface area contributed by atoms with Crippen LogP contribution in [0.15, 0.2) is 24.3 Å². The molecule has 2 saturated heterocycles. The quantitative estimate of drug-likeness (QED) is 0.578. The Morgan fingerprint density at radius 2 is 2.00 bits per heavy atom. The summed E-state index contributed by atoms with van der Waals surface area (Å²) in [7, 11) is 0. The summed E-state index contributed by atoms with van der Waals surface area (Å²) >= 11 is 2.27. The summed E-state index contributed by atoms with van der Waals surface area (Å²) in [5.74, 6) is 0.252. The highest BCUT2D eigenvalue weighted by Crippen LogP contribution is 2.24. The number of carbonyl (C=O) groups excluding carboxylic acids is 1. The first-order chi connectivity index (χ1) is 10.1. The number of halogens is 1. The first-order valence-electron chi connectivity index (χ1n) is 7.90. The van der Waals surface area contributed by atoms with Crippen LogP contribution in [0.5, 0.6) is 0 Å². The van der Waals surface area contributed by atoms with Crippen molar-refractivity contribution >= 4 is 28.4 Å². The average molecular weight is 398 g/mol. The second-order valence-electron chi connectivity index (χ2n) is 6.35. The van der Waals surface area contributed by atoms with Crippen molar-refractivity contribution in [3.63, 3.8) is 0 Å². The van der Waals surface area contributed by atoms with Gasteiger partial charge < -0.3 is 0 Å². The smallest absolute Gasteiger partial charge is 0.176 e. The molecule has 2 unspecified atom stereocenters. The Hall–Kier alpha value is -0.460. The minimum atomic E-state index is 0.252. The lowest BCUT2D eigenvalue weighted by Crippen LogP contribution is -2.59. The molecular weight excluding hydrogens is 375 g/mol. The summed E-state index contributed by atoms with van der Waals surface area (Å²) in [6.45, 7) is 6.23. The van der Waals surface area contributed by atoms with E-state index in [0.29, 0.717) is 18.6 Å². The van der Waals surface area contributed by atoms with Crippen LogP contribution in [-0.4, -0.2) is 53.8 Å². The summed E-state index contributed by atoms with van der Waals surface area (Å²) in [6, 6.07) is 9.07. The van der Waals surface area contributed by atoms with Crippen LogP contribution < -0.4 is 0 Å². The number of Topliss-reactive ketones (excluding diaryl/α,β-unsaturated/α-hetero) is 1. The Kier molecular flexibility index (Phi) is 4.96. The molecule has 0 aromatic heterocycles. The standard InChI is InChI=1S/C17H23IN2O/c1-13-10-19-9-3-2-4-16(19)11-20(13)12-17(21)14-5-7-15(18)8-6-14/h5-8,13,16H,2-4,9-12H2,1H3. The highest BCUT2D eigenvalue weighted by atomic mass is 127. The van der Waals surface area contributed by atoms with Gasteiger partial charge in [0.1, 0.15) is 0 Å². The van der Waals surface area contributed by atoms with Gasteiger partial charge in [-0.1, -0.05) is 18.6 Å². The Morgan fingerprint density at radius 3 is 2.76 bits per heavy atom. The van der Waals surface area contributed by atoms with Crippen LogP contribution in [0.3, 0.4) is 0 Å². The Bertz CT molecular complexity index is 502. The van der Waals surface area contributed by atoms with Crippen LogP contribution in [0, 0.1) is 3.57 Å². The Morgan fingerprint density at radius 1 is 1.24 bits per heavy atom. The number of hydrogen-bond acceptors (Lipinski definition) is 3. The molecule has 0 aliphatic carbocycles. The molecule has 114 valence electrons. The van der Waals surface area contributed by atoms with E-state index in [4.69, 9.17) is 0 Å². The zero-order valence-electron chi connectivity index (χ0n) is 12.6. The van der Waals surface area contributed by atoms with Crippen molar-refractivity contribution in [2.24, 2.45) is 0 Å². The van der Waals surface area contributed by atoms with E-state index >= 15 is 0 Å². The van der Waals surface area contributed by atoms with Gasteiger partial charge >= 0.3 is 0 Å². The van der Waals surface area contributed by atoms with E-state index < -0.39 is 0 Å². The van der Waals surface area contributed by atoms with E-state index in [1.807, 2.05) is 24.3 Å². The maximum absolute atomic E-state index is 12.5. The van der Waals surface area contributed by atoms with Crippen LogP contribution in [0.1, 0.15) is 36.5 Å². The van der Waals surface area contributed by atoms with Gasteiger partial charge in [0.25, 0.3) is 0 Å². The van der Waals surface area contributed by atoms with Crippen LogP contribution in [0.4, 0.5) is 0 Å². The van der Waals surface area contributed by atoms with E-state index in [1.54, 1.807) is 0 Å². The molecule has 3 rings (SSSR count). The van der Waals surface area contributed by atoms with Gasteiger partial charge in [-0.25, -0.2) is 0 Å². The third-order valence-corrected chi connectivity index (χ3v) is 5.55. The minimum absolute atomic E-state index is 0.252. The molecule has 3 nitrogen and oxygen atoms in total. The van der Waals surface area contributed by atoms with Crippen molar-refractivity contribution in [2.75, 3.05) is 26.2 Å². The van der Waals surface area contributed by atoms with Gasteiger partial charge in [0, 0.05) is 34.3 Å².